The van der Waals surface area contributed by atoms with E-state index in [9.17, 15) is 4.79 Å². The van der Waals surface area contributed by atoms with Crippen LogP contribution in [0.3, 0.4) is 0 Å². The number of anilines is 3. The van der Waals surface area contributed by atoms with Gasteiger partial charge < -0.3 is 15.5 Å². The van der Waals surface area contributed by atoms with E-state index in [0.29, 0.717) is 27.4 Å². The zero-order valence-corrected chi connectivity index (χ0v) is 16.9. The average molecular weight is 416 g/mol. The molecule has 0 atom stereocenters. The van der Waals surface area contributed by atoms with E-state index in [1.54, 1.807) is 36.5 Å². The third-order valence-electron chi connectivity index (χ3n) is 3.75. The maximum Gasteiger partial charge on any atom is 0.258 e. The van der Waals surface area contributed by atoms with Crippen LogP contribution in [0.15, 0.2) is 54.7 Å². The minimum Gasteiger partial charge on any atom is -0.325 e. The number of rotatable bonds is 6. The summed E-state index contributed by atoms with van der Waals surface area (Å²) in [6.07, 6.45) is 1.59. The van der Waals surface area contributed by atoms with Gasteiger partial charge in [-0.05, 0) is 44.4 Å². The van der Waals surface area contributed by atoms with Crippen LogP contribution in [0.5, 0.6) is 0 Å². The highest BCUT2D eigenvalue weighted by atomic mass is 35.5. The van der Waals surface area contributed by atoms with Crippen molar-refractivity contribution < 1.29 is 4.79 Å². The Labute approximate surface area is 173 Å². The number of carbonyl (C=O) groups excluding carboxylic acids is 1. The molecule has 0 saturated carbocycles. The van der Waals surface area contributed by atoms with Crippen molar-refractivity contribution in [3.8, 4) is 0 Å². The molecule has 2 heterocycles. The number of halogens is 2. The quantitative estimate of drug-likeness (QED) is 0.602. The summed E-state index contributed by atoms with van der Waals surface area (Å²) in [5, 5.41) is 6.52. The van der Waals surface area contributed by atoms with Crippen molar-refractivity contribution in [2.24, 2.45) is 0 Å². The molecule has 0 bridgehead atoms. The zero-order chi connectivity index (χ0) is 20.1. The van der Waals surface area contributed by atoms with E-state index < -0.39 is 0 Å². The third-order valence-corrected chi connectivity index (χ3v) is 4.38. The molecule has 1 aromatic carbocycles. The van der Waals surface area contributed by atoms with E-state index in [4.69, 9.17) is 23.2 Å². The third kappa shape index (κ3) is 5.19. The van der Waals surface area contributed by atoms with Gasteiger partial charge in [-0.15, -0.1) is 0 Å². The van der Waals surface area contributed by atoms with Crippen molar-refractivity contribution in [3.63, 3.8) is 0 Å². The van der Waals surface area contributed by atoms with Crippen molar-refractivity contribution >= 4 is 46.4 Å². The first kappa shape index (κ1) is 20.1. The molecule has 2 N–H and O–H groups in total. The summed E-state index contributed by atoms with van der Waals surface area (Å²) in [7, 11) is 3.97. The van der Waals surface area contributed by atoms with Crippen molar-refractivity contribution in [3.05, 3.63) is 76.0 Å². The van der Waals surface area contributed by atoms with Gasteiger partial charge in [0, 0.05) is 24.5 Å². The topological polar surface area (TPSA) is 70.2 Å². The Morgan fingerprint density at radius 1 is 1.04 bits per heavy atom. The number of pyridine rings is 2. The van der Waals surface area contributed by atoms with Gasteiger partial charge in [0.1, 0.15) is 11.6 Å². The van der Waals surface area contributed by atoms with E-state index in [1.165, 1.54) is 0 Å². The first-order valence-electron chi connectivity index (χ1n) is 8.51. The highest BCUT2D eigenvalue weighted by Gasteiger charge is 2.15. The molecule has 8 heteroatoms. The minimum atomic E-state index is -0.390. The van der Waals surface area contributed by atoms with Crippen LogP contribution >= 0.6 is 23.2 Å². The molecule has 28 heavy (non-hydrogen) atoms. The molecule has 144 valence electrons. The molecule has 0 aliphatic heterocycles. The number of nitrogens with zero attached hydrogens (tertiary/aromatic N) is 3. The van der Waals surface area contributed by atoms with Crippen LogP contribution in [0.2, 0.25) is 10.0 Å². The zero-order valence-electron chi connectivity index (χ0n) is 15.4. The molecule has 0 spiro atoms. The maximum atomic E-state index is 12.5. The van der Waals surface area contributed by atoms with Gasteiger partial charge >= 0.3 is 0 Å². The standard InChI is InChI=1S/C20H19Cl2N5O/c1-27(2)12-14-5-3-8-17(24-14)26-18-11-13(9-10-23-18)25-20(28)19-15(21)6-4-7-16(19)22/h3-11H,12H2,1-2H3,(H2,23,24,25,26,28). The molecule has 0 aliphatic carbocycles. The van der Waals surface area contributed by atoms with Gasteiger partial charge in [-0.1, -0.05) is 35.3 Å². The Morgan fingerprint density at radius 3 is 2.46 bits per heavy atom. The van der Waals surface area contributed by atoms with Gasteiger partial charge in [0.25, 0.3) is 5.91 Å². The van der Waals surface area contributed by atoms with Gasteiger partial charge in [0.15, 0.2) is 0 Å². The van der Waals surface area contributed by atoms with Gasteiger partial charge in [-0.2, -0.15) is 0 Å². The van der Waals surface area contributed by atoms with Crippen molar-refractivity contribution in [1.29, 1.82) is 0 Å². The lowest BCUT2D eigenvalue weighted by Gasteiger charge is -2.12. The van der Waals surface area contributed by atoms with Gasteiger partial charge in [-0.3, -0.25) is 4.79 Å². The summed E-state index contributed by atoms with van der Waals surface area (Å²) in [5.74, 6) is 0.834. The summed E-state index contributed by atoms with van der Waals surface area (Å²) in [6, 6.07) is 14.1. The maximum absolute atomic E-state index is 12.5. The molecule has 2 aromatic heterocycles. The molecule has 0 radical (unpaired) electrons. The van der Waals surface area contributed by atoms with E-state index in [1.807, 2.05) is 37.2 Å². The second-order valence-electron chi connectivity index (χ2n) is 6.36. The second kappa shape index (κ2) is 9.01. The van der Waals surface area contributed by atoms with Crippen molar-refractivity contribution in [1.82, 2.24) is 14.9 Å². The number of nitrogens with one attached hydrogen (secondary N) is 2. The summed E-state index contributed by atoms with van der Waals surface area (Å²) >= 11 is 12.2. The Kier molecular flexibility index (Phi) is 6.46. The van der Waals surface area contributed by atoms with Crippen LogP contribution in [0, 0.1) is 0 Å². The van der Waals surface area contributed by atoms with Gasteiger partial charge in [0.2, 0.25) is 0 Å². The number of hydrogen-bond acceptors (Lipinski definition) is 5. The number of hydrogen-bond donors (Lipinski definition) is 2. The van der Waals surface area contributed by atoms with E-state index in [-0.39, 0.29) is 11.5 Å². The van der Waals surface area contributed by atoms with Crippen LogP contribution < -0.4 is 10.6 Å². The van der Waals surface area contributed by atoms with Gasteiger partial charge in [-0.25, -0.2) is 9.97 Å². The molecule has 6 nitrogen and oxygen atoms in total. The van der Waals surface area contributed by atoms with Crippen LogP contribution in [0.1, 0.15) is 16.1 Å². The first-order chi connectivity index (χ1) is 13.4. The lowest BCUT2D eigenvalue weighted by molar-refractivity contribution is 0.102. The molecule has 0 aliphatic rings. The SMILES string of the molecule is CN(C)Cc1cccc(Nc2cc(NC(=O)c3c(Cl)cccc3Cl)ccn2)n1. The normalized spacial score (nSPS) is 10.8. The van der Waals surface area contributed by atoms with Gasteiger partial charge in [0.05, 0.1) is 21.3 Å². The van der Waals surface area contributed by atoms with E-state index in [0.717, 1.165) is 12.2 Å². The van der Waals surface area contributed by atoms with Crippen LogP contribution in [-0.4, -0.2) is 34.9 Å². The smallest absolute Gasteiger partial charge is 0.258 e. The Hall–Kier alpha value is -2.67. The average Bonchev–Trinajstić information content (AvgIpc) is 2.61. The monoisotopic (exact) mass is 415 g/mol. The molecule has 0 saturated heterocycles. The van der Waals surface area contributed by atoms with E-state index >= 15 is 0 Å². The van der Waals surface area contributed by atoms with Crippen LogP contribution in [0.4, 0.5) is 17.3 Å². The molecule has 0 unspecified atom stereocenters. The van der Waals surface area contributed by atoms with E-state index in [2.05, 4.69) is 20.6 Å². The highest BCUT2D eigenvalue weighted by molar-refractivity contribution is 6.40. The lowest BCUT2D eigenvalue weighted by Crippen LogP contribution is -2.13. The molecule has 1 amide bonds. The Morgan fingerprint density at radius 2 is 1.75 bits per heavy atom. The number of aromatic nitrogens is 2. The summed E-state index contributed by atoms with van der Waals surface area (Å²) in [6.45, 7) is 0.734. The lowest BCUT2D eigenvalue weighted by atomic mass is 10.2. The highest BCUT2D eigenvalue weighted by Crippen LogP contribution is 2.25. The second-order valence-corrected chi connectivity index (χ2v) is 7.17. The van der Waals surface area contributed by atoms with Crippen LogP contribution in [-0.2, 0) is 6.54 Å². The molecular formula is C20H19Cl2N5O. The summed E-state index contributed by atoms with van der Waals surface area (Å²) in [4.78, 5) is 23.4. The molecule has 0 fully saturated rings. The number of carbonyl (C=O) groups is 1. The number of benzene rings is 1. The Balaban J connectivity index is 1.75. The molecule has 3 aromatic rings. The molecular weight excluding hydrogens is 397 g/mol. The molecule has 3 rings (SSSR count). The van der Waals surface area contributed by atoms with Crippen molar-refractivity contribution in [2.75, 3.05) is 24.7 Å². The summed E-state index contributed by atoms with van der Waals surface area (Å²) in [5.41, 5.74) is 1.73. The van der Waals surface area contributed by atoms with Crippen LogP contribution in [0.25, 0.3) is 0 Å². The summed E-state index contributed by atoms with van der Waals surface area (Å²) < 4.78 is 0. The van der Waals surface area contributed by atoms with Crippen molar-refractivity contribution in [2.45, 2.75) is 6.54 Å². The number of amides is 1. The predicted molar refractivity (Wildman–Crippen MR) is 114 cm³/mol. The predicted octanol–water partition coefficient (Wildman–Crippen LogP) is 4.84. The fourth-order valence-electron chi connectivity index (χ4n) is 2.58. The fraction of sp³-hybridized carbons (Fsp3) is 0.150. The Bertz CT molecular complexity index is 974. The fourth-order valence-corrected chi connectivity index (χ4v) is 3.15. The minimum absolute atomic E-state index is 0.232. The largest absolute Gasteiger partial charge is 0.325 e. The first-order valence-corrected chi connectivity index (χ1v) is 9.27.